The topological polar surface area (TPSA) is 58.6 Å². The van der Waals surface area contributed by atoms with E-state index in [0.717, 1.165) is 37.7 Å². The van der Waals surface area contributed by atoms with Crippen LogP contribution in [0.5, 0.6) is 0 Å². The molecule has 1 heterocycles. The van der Waals surface area contributed by atoms with Crippen LogP contribution in [-0.4, -0.2) is 48.6 Å². The van der Waals surface area contributed by atoms with E-state index in [0.29, 0.717) is 18.7 Å². The molecule has 148 valence electrons. The Morgan fingerprint density at radius 2 is 2.00 bits per heavy atom. The lowest BCUT2D eigenvalue weighted by Crippen LogP contribution is -2.64. The average molecular weight is 373 g/mol. The van der Waals surface area contributed by atoms with Gasteiger partial charge in [-0.05, 0) is 37.8 Å². The summed E-state index contributed by atoms with van der Waals surface area (Å²) in [7, 11) is 1.63. The van der Waals surface area contributed by atoms with Gasteiger partial charge < -0.3 is 15.0 Å². The molecule has 1 fully saturated rings. The van der Waals surface area contributed by atoms with Crippen LogP contribution < -0.4 is 5.32 Å². The maximum Gasteiger partial charge on any atom is 0.254 e. The highest BCUT2D eigenvalue weighted by atomic mass is 16.5. The van der Waals surface area contributed by atoms with Gasteiger partial charge in [0.15, 0.2) is 0 Å². The van der Waals surface area contributed by atoms with Gasteiger partial charge in [-0.25, -0.2) is 0 Å². The molecule has 0 aromatic heterocycles. The molecule has 1 aliphatic carbocycles. The van der Waals surface area contributed by atoms with E-state index < -0.39 is 5.54 Å². The molecular weight excluding hydrogens is 340 g/mol. The number of nitrogens with one attached hydrogen (secondary N) is 1. The number of nitrogens with zero attached hydrogens (tertiary/aromatic N) is 1. The van der Waals surface area contributed by atoms with Crippen LogP contribution in [0.1, 0.15) is 74.2 Å². The Kier molecular flexibility index (Phi) is 6.20. The zero-order chi connectivity index (χ0) is 19.4. The second-order valence-electron chi connectivity index (χ2n) is 7.90. The highest BCUT2D eigenvalue weighted by Gasteiger charge is 2.55. The molecule has 1 saturated carbocycles. The summed E-state index contributed by atoms with van der Waals surface area (Å²) in [5.74, 6) is -0.220. The number of hydrogen-bond acceptors (Lipinski definition) is 3. The van der Waals surface area contributed by atoms with Crippen molar-refractivity contribution in [3.63, 3.8) is 0 Å². The number of hydrogen-bond donors (Lipinski definition) is 1. The van der Waals surface area contributed by atoms with E-state index in [1.807, 2.05) is 24.3 Å². The minimum absolute atomic E-state index is 0.0159. The van der Waals surface area contributed by atoms with Crippen LogP contribution in [0.2, 0.25) is 0 Å². The Labute approximate surface area is 162 Å². The first-order chi connectivity index (χ1) is 13.1. The van der Waals surface area contributed by atoms with Crippen molar-refractivity contribution in [1.82, 2.24) is 10.2 Å². The second kappa shape index (κ2) is 8.42. The fourth-order valence-electron chi connectivity index (χ4n) is 4.98. The predicted molar refractivity (Wildman–Crippen MR) is 106 cm³/mol. The number of methoxy groups -OCH3 is 1. The first-order valence-corrected chi connectivity index (χ1v) is 10.3. The number of carbonyl (C=O) groups is 2. The smallest absolute Gasteiger partial charge is 0.254 e. The molecule has 2 aliphatic rings. The Morgan fingerprint density at radius 3 is 2.67 bits per heavy atom. The lowest BCUT2D eigenvalue weighted by molar-refractivity contribution is -0.128. The van der Waals surface area contributed by atoms with Gasteiger partial charge in [-0.1, -0.05) is 44.4 Å². The molecule has 0 bridgehead atoms. The van der Waals surface area contributed by atoms with Gasteiger partial charge in [0.25, 0.3) is 5.91 Å². The van der Waals surface area contributed by atoms with E-state index in [2.05, 4.69) is 24.1 Å². The van der Waals surface area contributed by atoms with E-state index in [4.69, 9.17) is 4.74 Å². The van der Waals surface area contributed by atoms with Crippen LogP contribution in [0, 0.1) is 0 Å². The lowest BCUT2D eigenvalue weighted by Gasteiger charge is -2.55. The van der Waals surface area contributed by atoms with Crippen molar-refractivity contribution in [3.8, 4) is 0 Å². The minimum atomic E-state index is -0.420. The van der Waals surface area contributed by atoms with Crippen LogP contribution in [0.3, 0.4) is 0 Å². The first-order valence-electron chi connectivity index (χ1n) is 10.3. The molecule has 1 spiro atoms. The Hall–Kier alpha value is -1.88. The Balaban J connectivity index is 2.11. The van der Waals surface area contributed by atoms with Crippen molar-refractivity contribution in [2.45, 2.75) is 69.9 Å². The second-order valence-corrected chi connectivity index (χ2v) is 7.90. The molecule has 2 atom stereocenters. The van der Waals surface area contributed by atoms with Crippen molar-refractivity contribution in [2.24, 2.45) is 0 Å². The fourth-order valence-corrected chi connectivity index (χ4v) is 4.98. The lowest BCUT2D eigenvalue weighted by atomic mass is 9.64. The summed E-state index contributed by atoms with van der Waals surface area (Å²) in [6.45, 7) is 5.20. The molecule has 5 nitrogen and oxygen atoms in total. The zero-order valence-electron chi connectivity index (χ0n) is 16.8. The summed E-state index contributed by atoms with van der Waals surface area (Å²) in [4.78, 5) is 28.9. The molecule has 0 radical (unpaired) electrons. The molecule has 1 aliphatic heterocycles. The van der Waals surface area contributed by atoms with Crippen molar-refractivity contribution < 1.29 is 14.3 Å². The van der Waals surface area contributed by atoms with Gasteiger partial charge in [0.05, 0.1) is 18.1 Å². The van der Waals surface area contributed by atoms with Crippen molar-refractivity contribution in [1.29, 1.82) is 0 Å². The van der Waals surface area contributed by atoms with Gasteiger partial charge in [0, 0.05) is 25.3 Å². The monoisotopic (exact) mass is 372 g/mol. The van der Waals surface area contributed by atoms with Crippen molar-refractivity contribution in [3.05, 3.63) is 35.4 Å². The van der Waals surface area contributed by atoms with E-state index in [1.165, 1.54) is 6.42 Å². The summed E-state index contributed by atoms with van der Waals surface area (Å²) < 4.78 is 5.10. The van der Waals surface area contributed by atoms with Crippen LogP contribution in [-0.2, 0) is 9.53 Å². The van der Waals surface area contributed by atoms with Crippen LogP contribution in [0.4, 0.5) is 0 Å². The Bertz CT molecular complexity index is 682. The number of amides is 2. The highest BCUT2D eigenvalue weighted by molar-refractivity contribution is 6.02. The van der Waals surface area contributed by atoms with E-state index in [1.54, 1.807) is 7.11 Å². The molecule has 2 amide bonds. The van der Waals surface area contributed by atoms with Crippen molar-refractivity contribution >= 4 is 11.8 Å². The summed E-state index contributed by atoms with van der Waals surface area (Å²) in [6, 6.07) is 7.79. The third-order valence-electron chi connectivity index (χ3n) is 6.36. The quantitative estimate of drug-likeness (QED) is 0.778. The third kappa shape index (κ3) is 3.49. The molecule has 27 heavy (non-hydrogen) atoms. The summed E-state index contributed by atoms with van der Waals surface area (Å²) in [5, 5.41) is 3.06. The van der Waals surface area contributed by atoms with Gasteiger partial charge in [-0.15, -0.1) is 0 Å². The SMILES string of the molecule is CC[C@H](C)N1C(=O)c2ccccc2[C@@H](C(=O)NCCOC)C12CCCCC2. The summed E-state index contributed by atoms with van der Waals surface area (Å²) >= 11 is 0. The average Bonchev–Trinajstić information content (AvgIpc) is 2.69. The Morgan fingerprint density at radius 1 is 1.30 bits per heavy atom. The maximum atomic E-state index is 13.5. The van der Waals surface area contributed by atoms with E-state index in [9.17, 15) is 9.59 Å². The van der Waals surface area contributed by atoms with E-state index in [-0.39, 0.29) is 23.8 Å². The zero-order valence-corrected chi connectivity index (χ0v) is 16.8. The van der Waals surface area contributed by atoms with Gasteiger partial charge in [0.2, 0.25) is 5.91 Å². The molecule has 5 heteroatoms. The summed E-state index contributed by atoms with van der Waals surface area (Å²) in [5.41, 5.74) is 1.15. The van der Waals surface area contributed by atoms with Crippen LogP contribution in [0.15, 0.2) is 24.3 Å². The highest BCUT2D eigenvalue weighted by Crippen LogP contribution is 2.50. The van der Waals surface area contributed by atoms with E-state index >= 15 is 0 Å². The van der Waals surface area contributed by atoms with Gasteiger partial charge in [-0.3, -0.25) is 9.59 Å². The molecule has 1 N–H and O–H groups in total. The van der Waals surface area contributed by atoms with Gasteiger partial charge in [0.1, 0.15) is 0 Å². The molecule has 3 rings (SSSR count). The number of benzene rings is 1. The van der Waals surface area contributed by atoms with Crippen LogP contribution >= 0.6 is 0 Å². The standard InChI is InChI=1S/C22H32N2O3/c1-4-16(2)24-21(26)18-11-7-6-10-17(18)19(20(25)23-14-15-27-3)22(24)12-8-5-9-13-22/h6-7,10-11,16,19H,4-5,8-9,12-15H2,1-3H3,(H,23,25)/t16-,19-/m0/s1. The third-order valence-corrected chi connectivity index (χ3v) is 6.36. The number of ether oxygens (including phenoxy) is 1. The predicted octanol–water partition coefficient (Wildman–Crippen LogP) is 3.49. The molecule has 0 saturated heterocycles. The first kappa shape index (κ1) is 19.9. The normalized spacial score (nSPS) is 22.4. The maximum absolute atomic E-state index is 13.5. The molecule has 1 aromatic carbocycles. The number of fused-ring (bicyclic) bond motifs is 1. The van der Waals surface area contributed by atoms with Crippen LogP contribution in [0.25, 0.3) is 0 Å². The summed E-state index contributed by atoms with van der Waals surface area (Å²) in [6.07, 6.45) is 5.95. The molecule has 0 unspecified atom stereocenters. The number of rotatable bonds is 6. The molecular formula is C22H32N2O3. The molecule has 1 aromatic rings. The van der Waals surface area contributed by atoms with Crippen molar-refractivity contribution in [2.75, 3.05) is 20.3 Å². The minimum Gasteiger partial charge on any atom is -0.383 e. The largest absolute Gasteiger partial charge is 0.383 e. The van der Waals surface area contributed by atoms with Gasteiger partial charge >= 0.3 is 0 Å². The number of carbonyl (C=O) groups excluding carboxylic acids is 2. The fraction of sp³-hybridized carbons (Fsp3) is 0.636. The van der Waals surface area contributed by atoms with Gasteiger partial charge in [-0.2, -0.15) is 0 Å².